The summed E-state index contributed by atoms with van der Waals surface area (Å²) in [6.45, 7) is 0. The van der Waals surface area contributed by atoms with Gasteiger partial charge in [0, 0.05) is 5.56 Å². The molecule has 94 valence electrons. The summed E-state index contributed by atoms with van der Waals surface area (Å²) in [5, 5.41) is 0. The Morgan fingerprint density at radius 2 is 1.26 bits per heavy atom. The van der Waals surface area contributed by atoms with Gasteiger partial charge in [-0.05, 0) is 37.0 Å². The Labute approximate surface area is 107 Å². The van der Waals surface area contributed by atoms with E-state index < -0.39 is 17.9 Å². The number of rotatable bonds is 0. The highest BCUT2D eigenvalue weighted by Crippen LogP contribution is 2.41. The smallest absolute Gasteiger partial charge is 0.346 e. The quantitative estimate of drug-likeness (QED) is 0.525. The molecule has 1 saturated carbocycles. The van der Waals surface area contributed by atoms with E-state index >= 15 is 0 Å². The number of benzene rings is 1. The number of cyclic esters (lactones) is 3. The zero-order valence-electron chi connectivity index (χ0n) is 9.82. The van der Waals surface area contributed by atoms with Crippen LogP contribution in [0.4, 0.5) is 0 Å². The molecule has 5 nitrogen and oxygen atoms in total. The lowest BCUT2D eigenvalue weighted by atomic mass is 9.88. The highest BCUT2D eigenvalue weighted by atomic mass is 16.6. The molecule has 0 N–H and O–H groups in total. The van der Waals surface area contributed by atoms with E-state index in [2.05, 4.69) is 4.74 Å². The fourth-order valence-electron chi connectivity index (χ4n) is 2.53. The first-order valence-electron chi connectivity index (χ1n) is 6.04. The van der Waals surface area contributed by atoms with Crippen LogP contribution >= 0.6 is 0 Å². The van der Waals surface area contributed by atoms with Gasteiger partial charge < -0.3 is 9.47 Å². The summed E-state index contributed by atoms with van der Waals surface area (Å²) in [7, 11) is 0. The van der Waals surface area contributed by atoms with Crippen molar-refractivity contribution >= 4 is 23.7 Å². The Bertz CT molecular complexity index is 705. The zero-order chi connectivity index (χ0) is 13.1. The molecule has 3 aliphatic rings. The van der Waals surface area contributed by atoms with E-state index in [0.717, 1.165) is 24.8 Å². The maximum atomic E-state index is 11.8. The van der Waals surface area contributed by atoms with Crippen molar-refractivity contribution in [1.82, 2.24) is 0 Å². The van der Waals surface area contributed by atoms with Crippen molar-refractivity contribution in [3.05, 3.63) is 40.0 Å². The molecule has 2 aliphatic heterocycles. The van der Waals surface area contributed by atoms with E-state index in [-0.39, 0.29) is 11.1 Å². The van der Waals surface area contributed by atoms with Crippen LogP contribution in [0, 0.1) is 0 Å². The molecule has 0 aromatic heterocycles. The van der Waals surface area contributed by atoms with Gasteiger partial charge in [-0.15, -0.1) is 0 Å². The van der Waals surface area contributed by atoms with Crippen molar-refractivity contribution in [2.75, 3.05) is 0 Å². The zero-order valence-corrected chi connectivity index (χ0v) is 9.82. The molecule has 4 rings (SSSR count). The molecule has 0 unspecified atom stereocenters. The Hall–Kier alpha value is -2.43. The van der Waals surface area contributed by atoms with Crippen LogP contribution < -0.4 is 0 Å². The highest BCUT2D eigenvalue weighted by Gasteiger charge is 2.37. The standard InChI is InChI=1S/C14H8O5/c15-12-8-5-10-9(13(16)19-14(10)17)4-7(8)11(18-12)6-2-1-3-6/h4-5H,1-3H2. The van der Waals surface area contributed by atoms with E-state index in [4.69, 9.17) is 4.74 Å². The number of hydrogen-bond donors (Lipinski definition) is 0. The number of hydrogen-bond acceptors (Lipinski definition) is 5. The lowest BCUT2D eigenvalue weighted by molar-refractivity contribution is 0.0443. The molecular weight excluding hydrogens is 248 g/mol. The second-order valence-electron chi connectivity index (χ2n) is 4.80. The summed E-state index contributed by atoms with van der Waals surface area (Å²) >= 11 is 0. The molecule has 2 heterocycles. The van der Waals surface area contributed by atoms with Crippen LogP contribution in [0.1, 0.15) is 55.9 Å². The predicted octanol–water partition coefficient (Wildman–Crippen LogP) is 2.06. The lowest BCUT2D eigenvalue weighted by Gasteiger charge is -2.18. The fourth-order valence-corrected chi connectivity index (χ4v) is 2.53. The molecular formula is C14H8O5. The van der Waals surface area contributed by atoms with Gasteiger partial charge in [-0.1, -0.05) is 0 Å². The maximum absolute atomic E-state index is 11.8. The van der Waals surface area contributed by atoms with E-state index in [1.54, 1.807) is 0 Å². The minimum Gasteiger partial charge on any atom is -0.422 e. The van der Waals surface area contributed by atoms with E-state index in [1.165, 1.54) is 12.1 Å². The van der Waals surface area contributed by atoms with Crippen molar-refractivity contribution in [1.29, 1.82) is 0 Å². The monoisotopic (exact) mass is 256 g/mol. The van der Waals surface area contributed by atoms with Gasteiger partial charge in [-0.3, -0.25) is 0 Å². The Kier molecular flexibility index (Phi) is 1.83. The Balaban J connectivity index is 1.97. The molecule has 19 heavy (non-hydrogen) atoms. The largest absolute Gasteiger partial charge is 0.422 e. The second-order valence-corrected chi connectivity index (χ2v) is 4.80. The van der Waals surface area contributed by atoms with Gasteiger partial charge in [-0.25, -0.2) is 14.4 Å². The lowest BCUT2D eigenvalue weighted by Crippen LogP contribution is -2.02. The SMILES string of the molecule is O=C1OC(=O)c2cc3c(cc21)C(=O)OC3=C1CCC1. The minimum absolute atomic E-state index is 0.139. The minimum atomic E-state index is -0.708. The number of ether oxygens (including phenoxy) is 2. The summed E-state index contributed by atoms with van der Waals surface area (Å²) in [5.74, 6) is -1.29. The van der Waals surface area contributed by atoms with E-state index in [9.17, 15) is 14.4 Å². The van der Waals surface area contributed by atoms with Crippen LogP contribution in [0.25, 0.3) is 5.76 Å². The predicted molar refractivity (Wildman–Crippen MR) is 62.4 cm³/mol. The molecule has 1 aromatic carbocycles. The Morgan fingerprint density at radius 1 is 0.737 bits per heavy atom. The van der Waals surface area contributed by atoms with Gasteiger partial charge in [0.25, 0.3) is 0 Å². The first kappa shape index (κ1) is 10.5. The molecule has 1 aromatic rings. The average molecular weight is 256 g/mol. The summed E-state index contributed by atoms with van der Waals surface area (Å²) in [4.78, 5) is 34.8. The van der Waals surface area contributed by atoms with E-state index in [0.29, 0.717) is 16.9 Å². The van der Waals surface area contributed by atoms with Crippen molar-refractivity contribution in [2.45, 2.75) is 19.3 Å². The van der Waals surface area contributed by atoms with Gasteiger partial charge >= 0.3 is 17.9 Å². The van der Waals surface area contributed by atoms with Gasteiger partial charge in [0.1, 0.15) is 5.76 Å². The van der Waals surface area contributed by atoms with Crippen LogP contribution in [0.2, 0.25) is 0 Å². The van der Waals surface area contributed by atoms with E-state index in [1.807, 2.05) is 0 Å². The van der Waals surface area contributed by atoms with Gasteiger partial charge in [0.05, 0.1) is 16.7 Å². The molecule has 1 fully saturated rings. The first-order valence-corrected chi connectivity index (χ1v) is 6.04. The highest BCUT2D eigenvalue weighted by molar-refractivity contribution is 6.17. The van der Waals surface area contributed by atoms with Crippen molar-refractivity contribution < 1.29 is 23.9 Å². The number of carbonyl (C=O) groups excluding carboxylic acids is 3. The average Bonchev–Trinajstić information content (AvgIpc) is 2.76. The van der Waals surface area contributed by atoms with Gasteiger partial charge in [0.15, 0.2) is 0 Å². The molecule has 0 amide bonds. The third-order valence-corrected chi connectivity index (χ3v) is 3.72. The number of allylic oxidation sites excluding steroid dienone is 1. The summed E-state index contributed by atoms with van der Waals surface area (Å²) < 4.78 is 9.80. The van der Waals surface area contributed by atoms with Gasteiger partial charge in [-0.2, -0.15) is 0 Å². The summed E-state index contributed by atoms with van der Waals surface area (Å²) in [6, 6.07) is 2.93. The van der Waals surface area contributed by atoms with Gasteiger partial charge in [0.2, 0.25) is 0 Å². The molecule has 1 aliphatic carbocycles. The van der Waals surface area contributed by atoms with Crippen LogP contribution in [0.5, 0.6) is 0 Å². The maximum Gasteiger partial charge on any atom is 0.346 e. The van der Waals surface area contributed by atoms with Crippen molar-refractivity contribution in [3.8, 4) is 0 Å². The van der Waals surface area contributed by atoms with Crippen LogP contribution in [-0.4, -0.2) is 17.9 Å². The second kappa shape index (κ2) is 3.32. The summed E-state index contributed by atoms with van der Waals surface area (Å²) in [6.07, 6.45) is 2.89. The number of fused-ring (bicyclic) bond motifs is 2. The third kappa shape index (κ3) is 1.27. The summed E-state index contributed by atoms with van der Waals surface area (Å²) in [5.41, 5.74) is 2.37. The topological polar surface area (TPSA) is 69.7 Å². The van der Waals surface area contributed by atoms with Crippen molar-refractivity contribution in [3.63, 3.8) is 0 Å². The molecule has 0 radical (unpaired) electrons. The molecule has 5 heteroatoms. The Morgan fingerprint density at radius 3 is 1.84 bits per heavy atom. The number of carbonyl (C=O) groups is 3. The number of esters is 3. The molecule has 0 spiro atoms. The first-order chi connectivity index (χ1) is 9.15. The van der Waals surface area contributed by atoms with Crippen LogP contribution in [-0.2, 0) is 9.47 Å². The van der Waals surface area contributed by atoms with Crippen molar-refractivity contribution in [2.24, 2.45) is 0 Å². The van der Waals surface area contributed by atoms with Crippen LogP contribution in [0.3, 0.4) is 0 Å². The third-order valence-electron chi connectivity index (χ3n) is 3.72. The fraction of sp³-hybridized carbons (Fsp3) is 0.214. The van der Waals surface area contributed by atoms with Crippen LogP contribution in [0.15, 0.2) is 17.7 Å². The molecule has 0 bridgehead atoms. The molecule has 0 saturated heterocycles. The molecule has 0 atom stereocenters. The normalized spacial score (nSPS) is 19.9.